The molecule has 0 aliphatic rings. The number of nitriles is 1. The summed E-state index contributed by atoms with van der Waals surface area (Å²) in [5, 5.41) is 16.2. The van der Waals surface area contributed by atoms with Crippen LogP contribution in [0, 0.1) is 18.3 Å². The minimum absolute atomic E-state index is 0.00104. The third-order valence-corrected chi connectivity index (χ3v) is 6.89. The molecule has 0 saturated carbocycles. The number of nitrogens with one attached hydrogen (secondary N) is 1. The quantitative estimate of drug-likeness (QED) is 0.666. The van der Waals surface area contributed by atoms with Crippen molar-refractivity contribution in [2.75, 3.05) is 0 Å². The molecular weight excluding hydrogens is 414 g/mol. The summed E-state index contributed by atoms with van der Waals surface area (Å²) in [7, 11) is -0.571. The Kier molecular flexibility index (Phi) is 5.50. The second kappa shape index (κ2) is 7.73. The number of carbonyl (C=O) groups excluding carboxylic acids is 1. The van der Waals surface area contributed by atoms with Crippen molar-refractivity contribution in [1.82, 2.24) is 19.7 Å². The van der Waals surface area contributed by atoms with Gasteiger partial charge in [0.15, 0.2) is 0 Å². The van der Waals surface area contributed by atoms with Gasteiger partial charge >= 0.3 is 0 Å². The molecule has 0 radical (unpaired) electrons. The number of carbonyl (C=O) groups is 1. The van der Waals surface area contributed by atoms with Gasteiger partial charge in [0.05, 0.1) is 44.9 Å². The Hall–Kier alpha value is -3.09. The lowest BCUT2D eigenvalue weighted by Gasteiger charge is -2.08. The summed E-state index contributed by atoms with van der Waals surface area (Å²) < 4.78 is 29.2. The van der Waals surface area contributed by atoms with E-state index in [2.05, 4.69) is 10.4 Å². The van der Waals surface area contributed by atoms with Crippen molar-refractivity contribution >= 4 is 27.3 Å². The van der Waals surface area contributed by atoms with E-state index in [9.17, 15) is 13.2 Å². The molecule has 0 spiro atoms. The lowest BCUT2D eigenvalue weighted by molar-refractivity contribution is 0.0941. The van der Waals surface area contributed by atoms with Gasteiger partial charge in [-0.1, -0.05) is 17.7 Å². The van der Waals surface area contributed by atoms with E-state index in [1.54, 1.807) is 25.7 Å². The van der Waals surface area contributed by atoms with Gasteiger partial charge in [0.25, 0.3) is 5.91 Å². The topological polar surface area (TPSA) is 110 Å². The van der Waals surface area contributed by atoms with Crippen molar-refractivity contribution in [3.63, 3.8) is 0 Å². The van der Waals surface area contributed by atoms with Crippen LogP contribution in [-0.2, 0) is 30.5 Å². The number of benzene rings is 1. The number of aromatic nitrogens is 3. The number of halogens is 1. The molecule has 2 heterocycles. The first-order chi connectivity index (χ1) is 13.7. The maximum absolute atomic E-state index is 13.1. The molecule has 0 saturated heterocycles. The highest BCUT2D eigenvalue weighted by molar-refractivity contribution is 7.91. The number of amides is 1. The zero-order chi connectivity index (χ0) is 21.3. The summed E-state index contributed by atoms with van der Waals surface area (Å²) in [5.74, 6) is -0.444. The van der Waals surface area contributed by atoms with Gasteiger partial charge in [0, 0.05) is 19.8 Å². The molecule has 3 aromatic rings. The Morgan fingerprint density at radius 3 is 2.66 bits per heavy atom. The number of aryl methyl sites for hydroxylation is 1. The first kappa shape index (κ1) is 20.6. The van der Waals surface area contributed by atoms with Crippen molar-refractivity contribution in [2.24, 2.45) is 14.1 Å². The Morgan fingerprint density at radius 1 is 1.31 bits per heavy atom. The molecule has 1 N–H and O–H groups in total. The van der Waals surface area contributed by atoms with Crippen LogP contribution in [0.2, 0.25) is 5.02 Å². The molecule has 29 heavy (non-hydrogen) atoms. The van der Waals surface area contributed by atoms with Crippen LogP contribution >= 0.6 is 11.6 Å². The molecule has 0 fully saturated rings. The highest BCUT2D eigenvalue weighted by Gasteiger charge is 2.26. The standard InChI is InChI=1S/C19H18ClN5O3S/c1-12-18(29(27,28)14-6-4-5-13(7-14)9-21)8-16(24(12)2)19(26)22-11-17-15(20)10-23-25(17)3/h4-8,10H,11H2,1-3H3,(H,22,26). The van der Waals surface area contributed by atoms with E-state index in [0.717, 1.165) is 0 Å². The molecule has 0 atom stereocenters. The van der Waals surface area contributed by atoms with Crippen LogP contribution in [0.3, 0.4) is 0 Å². The maximum Gasteiger partial charge on any atom is 0.268 e. The normalized spacial score (nSPS) is 11.3. The number of nitrogens with zero attached hydrogens (tertiary/aromatic N) is 4. The third-order valence-electron chi connectivity index (χ3n) is 4.71. The minimum Gasteiger partial charge on any atom is -0.345 e. The molecule has 8 nitrogen and oxygen atoms in total. The van der Waals surface area contributed by atoms with E-state index < -0.39 is 15.7 Å². The van der Waals surface area contributed by atoms with Crippen LogP contribution in [0.4, 0.5) is 0 Å². The fourth-order valence-electron chi connectivity index (χ4n) is 2.91. The Labute approximate surface area is 173 Å². The van der Waals surface area contributed by atoms with E-state index in [-0.39, 0.29) is 27.6 Å². The van der Waals surface area contributed by atoms with Crippen LogP contribution in [-0.4, -0.2) is 28.7 Å². The van der Waals surface area contributed by atoms with Crippen molar-refractivity contribution in [1.29, 1.82) is 5.26 Å². The zero-order valence-corrected chi connectivity index (χ0v) is 17.5. The molecule has 2 aromatic heterocycles. The second-order valence-corrected chi connectivity index (χ2v) is 8.75. The number of rotatable bonds is 5. The Morgan fingerprint density at radius 2 is 2.03 bits per heavy atom. The minimum atomic E-state index is -3.90. The number of hydrogen-bond donors (Lipinski definition) is 1. The van der Waals surface area contributed by atoms with E-state index in [1.807, 2.05) is 6.07 Å². The van der Waals surface area contributed by atoms with Crippen LogP contribution in [0.5, 0.6) is 0 Å². The van der Waals surface area contributed by atoms with Crippen molar-refractivity contribution in [2.45, 2.75) is 23.3 Å². The lowest BCUT2D eigenvalue weighted by Crippen LogP contribution is -2.26. The highest BCUT2D eigenvalue weighted by atomic mass is 35.5. The van der Waals surface area contributed by atoms with Crippen molar-refractivity contribution in [3.05, 3.63) is 64.2 Å². The highest BCUT2D eigenvalue weighted by Crippen LogP contribution is 2.27. The van der Waals surface area contributed by atoms with Gasteiger partial charge in [-0.25, -0.2) is 8.42 Å². The molecule has 1 amide bonds. The monoisotopic (exact) mass is 431 g/mol. The maximum atomic E-state index is 13.1. The molecule has 0 aliphatic carbocycles. The lowest BCUT2D eigenvalue weighted by atomic mass is 10.2. The summed E-state index contributed by atoms with van der Waals surface area (Å²) in [6.07, 6.45) is 1.48. The summed E-state index contributed by atoms with van der Waals surface area (Å²) >= 11 is 6.05. The van der Waals surface area contributed by atoms with Gasteiger partial charge in [-0.15, -0.1) is 0 Å². The van der Waals surface area contributed by atoms with Crippen LogP contribution in [0.15, 0.2) is 46.3 Å². The molecule has 10 heteroatoms. The number of sulfone groups is 1. The molecule has 0 aliphatic heterocycles. The van der Waals surface area contributed by atoms with Gasteiger partial charge in [-0.3, -0.25) is 9.48 Å². The fourth-order valence-corrected chi connectivity index (χ4v) is 4.73. The van der Waals surface area contributed by atoms with E-state index in [0.29, 0.717) is 16.4 Å². The van der Waals surface area contributed by atoms with E-state index in [1.165, 1.54) is 41.1 Å². The second-order valence-electron chi connectivity index (χ2n) is 6.43. The van der Waals surface area contributed by atoms with E-state index >= 15 is 0 Å². The van der Waals surface area contributed by atoms with Gasteiger partial charge in [-0.05, 0) is 31.2 Å². The largest absolute Gasteiger partial charge is 0.345 e. The molecule has 1 aromatic carbocycles. The van der Waals surface area contributed by atoms with Gasteiger partial charge < -0.3 is 9.88 Å². The van der Waals surface area contributed by atoms with Gasteiger partial charge in [-0.2, -0.15) is 10.4 Å². The van der Waals surface area contributed by atoms with Gasteiger partial charge in [0.1, 0.15) is 5.69 Å². The zero-order valence-electron chi connectivity index (χ0n) is 16.0. The number of hydrogen-bond acceptors (Lipinski definition) is 5. The predicted molar refractivity (Wildman–Crippen MR) is 106 cm³/mol. The van der Waals surface area contributed by atoms with Crippen LogP contribution < -0.4 is 5.32 Å². The first-order valence-corrected chi connectivity index (χ1v) is 10.4. The Bertz CT molecular complexity index is 1230. The smallest absolute Gasteiger partial charge is 0.268 e. The van der Waals surface area contributed by atoms with Crippen LogP contribution in [0.25, 0.3) is 0 Å². The molecule has 0 unspecified atom stereocenters. The molecule has 150 valence electrons. The van der Waals surface area contributed by atoms with E-state index in [4.69, 9.17) is 16.9 Å². The van der Waals surface area contributed by atoms with Crippen LogP contribution in [0.1, 0.15) is 27.4 Å². The Balaban J connectivity index is 1.93. The SMILES string of the molecule is Cc1c(S(=O)(=O)c2cccc(C#N)c2)cc(C(=O)NCc2c(Cl)cnn2C)n1C. The predicted octanol–water partition coefficient (Wildman–Crippen LogP) is 2.35. The fraction of sp³-hybridized carbons (Fsp3) is 0.211. The van der Waals surface area contributed by atoms with Crippen molar-refractivity contribution < 1.29 is 13.2 Å². The summed E-state index contributed by atoms with van der Waals surface area (Å²) in [6, 6.07) is 9.04. The summed E-state index contributed by atoms with van der Waals surface area (Å²) in [5.41, 5.74) is 1.48. The van der Waals surface area contributed by atoms with Gasteiger partial charge in [0.2, 0.25) is 9.84 Å². The summed E-state index contributed by atoms with van der Waals surface area (Å²) in [4.78, 5) is 12.7. The van der Waals surface area contributed by atoms with Crippen molar-refractivity contribution in [3.8, 4) is 6.07 Å². The first-order valence-electron chi connectivity index (χ1n) is 8.53. The third kappa shape index (κ3) is 3.77. The average Bonchev–Trinajstić information content (AvgIpc) is 3.19. The average molecular weight is 432 g/mol. The summed E-state index contributed by atoms with van der Waals surface area (Å²) in [6.45, 7) is 1.76. The molecule has 0 bridgehead atoms. The molecule has 3 rings (SSSR count). The molecular formula is C19H18ClN5O3S.